The Labute approximate surface area is 148 Å². The van der Waals surface area contributed by atoms with Crippen molar-refractivity contribution in [2.24, 2.45) is 0 Å². The zero-order chi connectivity index (χ0) is 17.8. The summed E-state index contributed by atoms with van der Waals surface area (Å²) in [6.45, 7) is 6.92. The van der Waals surface area contributed by atoms with Crippen molar-refractivity contribution >= 4 is 11.9 Å². The normalized spacial score (nSPS) is 17.4. The molecular formula is C17H26N8. The molecule has 2 N–H and O–H groups in total. The topological polar surface area (TPSA) is 87.3 Å². The van der Waals surface area contributed by atoms with Crippen LogP contribution < -0.4 is 10.6 Å². The van der Waals surface area contributed by atoms with Gasteiger partial charge in [-0.05, 0) is 18.6 Å². The van der Waals surface area contributed by atoms with Crippen molar-refractivity contribution in [3.8, 4) is 0 Å². The first-order valence-corrected chi connectivity index (χ1v) is 8.57. The highest BCUT2D eigenvalue weighted by Gasteiger charge is 2.23. The van der Waals surface area contributed by atoms with Crippen LogP contribution in [-0.4, -0.2) is 70.0 Å². The van der Waals surface area contributed by atoms with E-state index in [0.717, 1.165) is 32.0 Å². The molecule has 1 saturated heterocycles. The van der Waals surface area contributed by atoms with Gasteiger partial charge in [-0.3, -0.25) is 14.8 Å². The molecule has 25 heavy (non-hydrogen) atoms. The number of rotatable bonds is 5. The van der Waals surface area contributed by atoms with E-state index in [1.807, 2.05) is 37.5 Å². The summed E-state index contributed by atoms with van der Waals surface area (Å²) in [5.41, 5.74) is 7.07. The van der Waals surface area contributed by atoms with Gasteiger partial charge in [0.2, 0.25) is 11.9 Å². The smallest absolute Gasteiger partial charge is 0.229 e. The van der Waals surface area contributed by atoms with Crippen LogP contribution in [0.3, 0.4) is 0 Å². The summed E-state index contributed by atoms with van der Waals surface area (Å²) in [6.07, 6.45) is 3.77. The van der Waals surface area contributed by atoms with E-state index in [2.05, 4.69) is 42.7 Å². The second-order valence-electron chi connectivity index (χ2n) is 6.58. The Kier molecular flexibility index (Phi) is 5.40. The number of anilines is 2. The van der Waals surface area contributed by atoms with Crippen LogP contribution >= 0.6 is 0 Å². The van der Waals surface area contributed by atoms with Crippen LogP contribution in [0.2, 0.25) is 0 Å². The summed E-state index contributed by atoms with van der Waals surface area (Å²) in [7, 11) is 3.80. The van der Waals surface area contributed by atoms with Crippen molar-refractivity contribution in [3.05, 3.63) is 35.9 Å². The van der Waals surface area contributed by atoms with Crippen molar-refractivity contribution in [3.63, 3.8) is 0 Å². The second kappa shape index (κ2) is 7.71. The van der Waals surface area contributed by atoms with Crippen molar-refractivity contribution in [1.29, 1.82) is 0 Å². The fraction of sp³-hybridized carbons (Fsp3) is 0.529. The van der Waals surface area contributed by atoms with Crippen LogP contribution in [0.1, 0.15) is 24.4 Å². The second-order valence-corrected chi connectivity index (χ2v) is 6.58. The van der Waals surface area contributed by atoms with Crippen molar-refractivity contribution in [1.82, 2.24) is 29.7 Å². The molecule has 3 heterocycles. The molecule has 1 atom stereocenters. The summed E-state index contributed by atoms with van der Waals surface area (Å²) in [5.74, 6) is 1.61. The van der Waals surface area contributed by atoms with E-state index in [1.54, 1.807) is 0 Å². The molecule has 1 fully saturated rings. The number of aromatic nitrogens is 4. The standard InChI is InChI=1S/C17H26N8/c1-13(14-5-4-6-19-11-14)25-9-7-24(8-10-25)12-15-20-16(18)22-17(21-15)23(2)3/h4-6,11,13H,7-10,12H2,1-3H3,(H2,18,20,21,22)/t13-/m0/s1. The maximum absolute atomic E-state index is 5.81. The Morgan fingerprint density at radius 1 is 1.16 bits per heavy atom. The summed E-state index contributed by atoms with van der Waals surface area (Å²) in [4.78, 5) is 23.8. The fourth-order valence-corrected chi connectivity index (χ4v) is 3.04. The van der Waals surface area contributed by atoms with Crippen molar-refractivity contribution < 1.29 is 0 Å². The van der Waals surface area contributed by atoms with Gasteiger partial charge in [-0.1, -0.05) is 6.07 Å². The van der Waals surface area contributed by atoms with Gasteiger partial charge in [-0.2, -0.15) is 15.0 Å². The zero-order valence-electron chi connectivity index (χ0n) is 15.1. The van der Waals surface area contributed by atoms with Gasteiger partial charge in [0.05, 0.1) is 6.54 Å². The minimum Gasteiger partial charge on any atom is -0.368 e. The Bertz CT molecular complexity index is 682. The van der Waals surface area contributed by atoms with Gasteiger partial charge < -0.3 is 10.6 Å². The predicted molar refractivity (Wildman–Crippen MR) is 98.1 cm³/mol. The molecule has 0 aliphatic carbocycles. The first-order chi connectivity index (χ1) is 12.0. The van der Waals surface area contributed by atoms with Crippen molar-refractivity contribution in [2.75, 3.05) is 50.9 Å². The zero-order valence-corrected chi connectivity index (χ0v) is 15.1. The molecule has 0 bridgehead atoms. The van der Waals surface area contributed by atoms with Gasteiger partial charge in [0.25, 0.3) is 0 Å². The molecular weight excluding hydrogens is 316 g/mol. The number of nitrogens with two attached hydrogens (primary N) is 1. The molecule has 0 amide bonds. The van der Waals surface area contributed by atoms with Gasteiger partial charge in [0, 0.05) is 58.7 Å². The summed E-state index contributed by atoms with van der Waals surface area (Å²) >= 11 is 0. The van der Waals surface area contributed by atoms with E-state index < -0.39 is 0 Å². The maximum Gasteiger partial charge on any atom is 0.229 e. The number of hydrogen-bond donors (Lipinski definition) is 1. The van der Waals surface area contributed by atoms with Gasteiger partial charge in [-0.25, -0.2) is 0 Å². The Morgan fingerprint density at radius 3 is 2.56 bits per heavy atom. The number of piperazine rings is 1. The summed E-state index contributed by atoms with van der Waals surface area (Å²) in [5, 5.41) is 0. The SMILES string of the molecule is C[C@@H](c1cccnc1)N1CCN(Cc2nc(N)nc(N(C)C)n2)CC1. The van der Waals surface area contributed by atoms with Crippen LogP contribution in [0.5, 0.6) is 0 Å². The molecule has 0 saturated carbocycles. The number of nitrogen functional groups attached to an aromatic ring is 1. The van der Waals surface area contributed by atoms with E-state index in [9.17, 15) is 0 Å². The lowest BCUT2D eigenvalue weighted by molar-refractivity contribution is 0.0961. The Morgan fingerprint density at radius 2 is 1.92 bits per heavy atom. The summed E-state index contributed by atoms with van der Waals surface area (Å²) < 4.78 is 0. The molecule has 8 nitrogen and oxygen atoms in total. The van der Waals surface area contributed by atoms with Gasteiger partial charge in [0.15, 0.2) is 0 Å². The first-order valence-electron chi connectivity index (χ1n) is 8.57. The molecule has 8 heteroatoms. The molecule has 1 aliphatic rings. The van der Waals surface area contributed by atoms with E-state index in [1.165, 1.54) is 5.56 Å². The van der Waals surface area contributed by atoms with Crippen LogP contribution in [0, 0.1) is 0 Å². The average molecular weight is 342 g/mol. The van der Waals surface area contributed by atoms with E-state index in [-0.39, 0.29) is 5.95 Å². The predicted octanol–water partition coefficient (Wildman–Crippen LogP) is 0.794. The molecule has 2 aromatic heterocycles. The summed E-state index contributed by atoms with van der Waals surface area (Å²) in [6, 6.07) is 4.51. The molecule has 0 spiro atoms. The minimum atomic E-state index is 0.275. The minimum absolute atomic E-state index is 0.275. The third kappa shape index (κ3) is 4.40. The molecule has 1 aliphatic heterocycles. The van der Waals surface area contributed by atoms with E-state index in [0.29, 0.717) is 18.5 Å². The molecule has 0 unspecified atom stereocenters. The van der Waals surface area contributed by atoms with Gasteiger partial charge in [-0.15, -0.1) is 0 Å². The number of nitrogens with zero attached hydrogens (tertiary/aromatic N) is 7. The molecule has 3 rings (SSSR count). The third-order valence-corrected chi connectivity index (χ3v) is 4.57. The van der Waals surface area contributed by atoms with Gasteiger partial charge in [0.1, 0.15) is 5.82 Å². The van der Waals surface area contributed by atoms with Crippen LogP contribution in [0.4, 0.5) is 11.9 Å². The van der Waals surface area contributed by atoms with Crippen LogP contribution in [0.15, 0.2) is 24.5 Å². The quantitative estimate of drug-likeness (QED) is 0.853. The largest absolute Gasteiger partial charge is 0.368 e. The van der Waals surface area contributed by atoms with Crippen molar-refractivity contribution in [2.45, 2.75) is 19.5 Å². The van der Waals surface area contributed by atoms with E-state index in [4.69, 9.17) is 5.73 Å². The fourth-order valence-electron chi connectivity index (χ4n) is 3.04. The molecule has 0 radical (unpaired) electrons. The highest BCUT2D eigenvalue weighted by atomic mass is 15.3. The lowest BCUT2D eigenvalue weighted by Gasteiger charge is -2.37. The average Bonchev–Trinajstić information content (AvgIpc) is 2.62. The highest BCUT2D eigenvalue weighted by Crippen LogP contribution is 2.21. The lowest BCUT2D eigenvalue weighted by Crippen LogP contribution is -2.46. The van der Waals surface area contributed by atoms with Gasteiger partial charge >= 0.3 is 0 Å². The Balaban J connectivity index is 1.58. The number of hydrogen-bond acceptors (Lipinski definition) is 8. The molecule has 0 aromatic carbocycles. The maximum atomic E-state index is 5.81. The van der Waals surface area contributed by atoms with Crippen LogP contribution in [0.25, 0.3) is 0 Å². The Hall–Kier alpha value is -2.32. The van der Waals surface area contributed by atoms with E-state index >= 15 is 0 Å². The molecule has 134 valence electrons. The monoisotopic (exact) mass is 342 g/mol. The highest BCUT2D eigenvalue weighted by molar-refractivity contribution is 5.32. The van der Waals surface area contributed by atoms with Crippen LogP contribution in [-0.2, 0) is 6.54 Å². The lowest BCUT2D eigenvalue weighted by atomic mass is 10.1. The first kappa shape index (κ1) is 17.5. The number of pyridine rings is 1. The third-order valence-electron chi connectivity index (χ3n) is 4.57. The molecule has 2 aromatic rings.